The second-order valence-electron chi connectivity index (χ2n) is 6.99. The molecule has 0 radical (unpaired) electrons. The van der Waals surface area contributed by atoms with Crippen molar-refractivity contribution >= 4 is 17.3 Å². The van der Waals surface area contributed by atoms with Crippen LogP contribution in [-0.2, 0) is 6.42 Å². The van der Waals surface area contributed by atoms with Crippen LogP contribution in [-0.4, -0.2) is 18.6 Å². The van der Waals surface area contributed by atoms with Gasteiger partial charge in [0.25, 0.3) is 6.43 Å². The molecule has 5 heteroatoms. The topological polar surface area (TPSA) is 16.1 Å². The van der Waals surface area contributed by atoms with Gasteiger partial charge in [-0.2, -0.15) is 0 Å². The fourth-order valence-electron chi connectivity index (χ4n) is 3.32. The molecular weight excluding hydrogens is 366 g/mol. The van der Waals surface area contributed by atoms with E-state index in [-0.39, 0.29) is 5.56 Å². The van der Waals surface area contributed by atoms with Gasteiger partial charge in [0, 0.05) is 42.8 Å². The number of halogens is 3. The number of hydrogen-bond donors (Lipinski definition) is 0. The Hall–Kier alpha value is -1.68. The lowest BCUT2D eigenvalue weighted by atomic mass is 9.93. The first-order valence-electron chi connectivity index (χ1n) is 9.74. The summed E-state index contributed by atoms with van der Waals surface area (Å²) in [5.74, 6) is 0. The number of nitrogens with zero attached hydrogens (tertiary/aromatic N) is 2. The third-order valence-electron chi connectivity index (χ3n) is 4.81. The lowest BCUT2D eigenvalue weighted by molar-refractivity contribution is 0.152. The summed E-state index contributed by atoms with van der Waals surface area (Å²) in [7, 11) is 1.94. The van der Waals surface area contributed by atoms with Crippen LogP contribution in [0, 0.1) is 0 Å². The molecule has 0 saturated heterocycles. The molecule has 2 heterocycles. The van der Waals surface area contributed by atoms with Gasteiger partial charge in [-0.3, -0.25) is 4.98 Å². The van der Waals surface area contributed by atoms with E-state index < -0.39 is 6.43 Å². The summed E-state index contributed by atoms with van der Waals surface area (Å²) in [6.07, 6.45) is 8.02. The highest BCUT2D eigenvalue weighted by Gasteiger charge is 2.21. The summed E-state index contributed by atoms with van der Waals surface area (Å²) in [5, 5.41) is 0.447. The smallest absolute Gasteiger partial charge is 0.264 e. The maximum Gasteiger partial charge on any atom is 0.264 e. The standard InChI is InChI=1S/C16H15ClF2N2.C6H14/c1-21-4-2-3-10-6-13(11-5-12(17)9-20-8-11)14(16(18)19)7-15(10)21;1-3-5-6-4-2/h5-9,16H,2-4H2,1H3;3-6H2,1-2H3. The molecule has 0 amide bonds. The van der Waals surface area contributed by atoms with Crippen molar-refractivity contribution in [1.29, 1.82) is 0 Å². The normalized spacial score (nSPS) is 13.2. The number of unbranched alkanes of at least 4 members (excludes halogenated alkanes) is 3. The van der Waals surface area contributed by atoms with Crippen LogP contribution >= 0.6 is 11.6 Å². The summed E-state index contributed by atoms with van der Waals surface area (Å²) in [4.78, 5) is 6.03. The molecule has 1 aromatic heterocycles. The number of pyridine rings is 1. The minimum absolute atomic E-state index is 0.0339. The molecule has 0 aliphatic carbocycles. The Labute approximate surface area is 166 Å². The summed E-state index contributed by atoms with van der Waals surface area (Å²) in [6, 6.07) is 5.14. The lowest BCUT2D eigenvalue weighted by Crippen LogP contribution is -2.25. The van der Waals surface area contributed by atoms with Crippen molar-refractivity contribution in [3.05, 3.63) is 46.7 Å². The molecule has 2 aromatic rings. The van der Waals surface area contributed by atoms with Crippen LogP contribution in [0.15, 0.2) is 30.6 Å². The minimum atomic E-state index is -2.53. The van der Waals surface area contributed by atoms with Gasteiger partial charge in [-0.05, 0) is 42.2 Å². The van der Waals surface area contributed by atoms with Gasteiger partial charge in [0.1, 0.15) is 0 Å². The second-order valence-corrected chi connectivity index (χ2v) is 7.43. The molecule has 0 N–H and O–H groups in total. The first kappa shape index (κ1) is 21.6. The highest BCUT2D eigenvalue weighted by Crippen LogP contribution is 2.38. The number of fused-ring (bicyclic) bond motifs is 1. The van der Waals surface area contributed by atoms with Gasteiger partial charge in [-0.1, -0.05) is 51.1 Å². The number of aryl methyl sites for hydroxylation is 1. The monoisotopic (exact) mass is 394 g/mol. The van der Waals surface area contributed by atoms with Crippen LogP contribution in [0.1, 0.15) is 63.5 Å². The molecule has 3 rings (SSSR count). The highest BCUT2D eigenvalue weighted by molar-refractivity contribution is 6.30. The Morgan fingerprint density at radius 2 is 1.81 bits per heavy atom. The number of rotatable bonds is 5. The molecule has 1 aromatic carbocycles. The molecule has 0 bridgehead atoms. The van der Waals surface area contributed by atoms with E-state index >= 15 is 0 Å². The molecule has 27 heavy (non-hydrogen) atoms. The van der Waals surface area contributed by atoms with Gasteiger partial charge >= 0.3 is 0 Å². The quantitative estimate of drug-likeness (QED) is 0.494. The molecule has 0 unspecified atom stereocenters. The van der Waals surface area contributed by atoms with Crippen molar-refractivity contribution in [2.75, 3.05) is 18.5 Å². The number of benzene rings is 1. The van der Waals surface area contributed by atoms with Gasteiger partial charge in [0.05, 0.1) is 5.02 Å². The molecule has 0 fully saturated rings. The van der Waals surface area contributed by atoms with Crippen LogP contribution < -0.4 is 4.90 Å². The van der Waals surface area contributed by atoms with Crippen molar-refractivity contribution < 1.29 is 8.78 Å². The second kappa shape index (κ2) is 10.6. The van der Waals surface area contributed by atoms with E-state index in [2.05, 4.69) is 18.8 Å². The first-order valence-corrected chi connectivity index (χ1v) is 10.1. The maximum atomic E-state index is 13.4. The fraction of sp³-hybridized carbons (Fsp3) is 0.500. The van der Waals surface area contributed by atoms with E-state index in [0.717, 1.165) is 30.6 Å². The van der Waals surface area contributed by atoms with Crippen LogP contribution in [0.3, 0.4) is 0 Å². The zero-order valence-electron chi connectivity index (χ0n) is 16.4. The van der Waals surface area contributed by atoms with Gasteiger partial charge < -0.3 is 4.90 Å². The zero-order chi connectivity index (χ0) is 19.8. The molecule has 0 saturated carbocycles. The molecule has 0 atom stereocenters. The Bertz CT molecular complexity index is 730. The third kappa shape index (κ3) is 5.90. The Kier molecular flexibility index (Phi) is 8.49. The van der Waals surface area contributed by atoms with Crippen molar-refractivity contribution in [2.24, 2.45) is 0 Å². The van der Waals surface area contributed by atoms with Crippen molar-refractivity contribution in [3.8, 4) is 11.1 Å². The van der Waals surface area contributed by atoms with Crippen LogP contribution in [0.2, 0.25) is 5.02 Å². The van der Waals surface area contributed by atoms with Crippen LogP contribution in [0.25, 0.3) is 11.1 Å². The number of anilines is 1. The Balaban J connectivity index is 0.000000380. The van der Waals surface area contributed by atoms with E-state index in [1.165, 1.54) is 31.9 Å². The van der Waals surface area contributed by atoms with E-state index in [1.54, 1.807) is 18.3 Å². The van der Waals surface area contributed by atoms with E-state index in [4.69, 9.17) is 11.6 Å². The highest BCUT2D eigenvalue weighted by atomic mass is 35.5. The summed E-state index contributed by atoms with van der Waals surface area (Å²) < 4.78 is 26.9. The predicted molar refractivity (Wildman–Crippen MR) is 111 cm³/mol. The Morgan fingerprint density at radius 1 is 1.11 bits per heavy atom. The van der Waals surface area contributed by atoms with Gasteiger partial charge in [-0.25, -0.2) is 8.78 Å². The number of hydrogen-bond acceptors (Lipinski definition) is 2. The number of alkyl halides is 2. The summed E-state index contributed by atoms with van der Waals surface area (Å²) in [5.41, 5.74) is 3.19. The van der Waals surface area contributed by atoms with Gasteiger partial charge in [-0.15, -0.1) is 0 Å². The van der Waals surface area contributed by atoms with E-state index in [9.17, 15) is 8.78 Å². The third-order valence-corrected chi connectivity index (χ3v) is 5.02. The molecule has 0 spiro atoms. The lowest BCUT2D eigenvalue weighted by Gasteiger charge is -2.29. The van der Waals surface area contributed by atoms with E-state index in [0.29, 0.717) is 16.1 Å². The molecule has 148 valence electrons. The SMILES string of the molecule is CCCCCC.CN1CCCc2cc(-c3cncc(Cl)c3)c(C(F)F)cc21. The average molecular weight is 395 g/mol. The van der Waals surface area contributed by atoms with Crippen molar-refractivity contribution in [2.45, 2.75) is 58.8 Å². The number of aromatic nitrogens is 1. The summed E-state index contributed by atoms with van der Waals surface area (Å²) >= 11 is 5.93. The average Bonchev–Trinajstić information content (AvgIpc) is 2.66. The molecular formula is C22H29ClF2N2. The maximum absolute atomic E-state index is 13.4. The van der Waals surface area contributed by atoms with Gasteiger partial charge in [0.15, 0.2) is 0 Å². The van der Waals surface area contributed by atoms with Gasteiger partial charge in [0.2, 0.25) is 0 Å². The first-order chi connectivity index (χ1) is 13.0. The Morgan fingerprint density at radius 3 is 2.41 bits per heavy atom. The predicted octanol–water partition coefficient (Wildman–Crippen LogP) is 7.31. The molecule has 2 nitrogen and oxygen atoms in total. The van der Waals surface area contributed by atoms with E-state index in [1.807, 2.05) is 18.0 Å². The van der Waals surface area contributed by atoms with Crippen molar-refractivity contribution in [1.82, 2.24) is 4.98 Å². The molecule has 1 aliphatic rings. The molecule has 1 aliphatic heterocycles. The zero-order valence-corrected chi connectivity index (χ0v) is 17.2. The fourth-order valence-corrected chi connectivity index (χ4v) is 3.50. The largest absolute Gasteiger partial charge is 0.374 e. The van der Waals surface area contributed by atoms with Crippen LogP contribution in [0.5, 0.6) is 0 Å². The van der Waals surface area contributed by atoms with Crippen LogP contribution in [0.4, 0.5) is 14.5 Å². The van der Waals surface area contributed by atoms with Crippen molar-refractivity contribution in [3.63, 3.8) is 0 Å². The minimum Gasteiger partial charge on any atom is -0.374 e. The summed E-state index contributed by atoms with van der Waals surface area (Å²) in [6.45, 7) is 5.36.